The summed E-state index contributed by atoms with van der Waals surface area (Å²) in [5.41, 5.74) is -0.297. The van der Waals surface area contributed by atoms with Gasteiger partial charge in [0.25, 0.3) is 0 Å². The zero-order chi connectivity index (χ0) is 12.7. The van der Waals surface area contributed by atoms with E-state index in [9.17, 15) is 18.0 Å². The minimum atomic E-state index is -4.10. The predicted molar refractivity (Wildman–Crippen MR) is 54.3 cm³/mol. The normalized spacial score (nSPS) is 37.6. The van der Waals surface area contributed by atoms with Gasteiger partial charge in [-0.1, -0.05) is 0 Å². The standard InChI is InChI=1S/C11H16F3NO2/c1-17-9(16)8-10(6-15-8)4-2-7(3-5-10)11(12,13)14/h7-8,15H,2-6H2,1H3. The zero-order valence-electron chi connectivity index (χ0n) is 9.64. The monoisotopic (exact) mass is 251 g/mol. The Labute approximate surface area is 97.7 Å². The molecule has 1 saturated heterocycles. The van der Waals surface area contributed by atoms with Gasteiger partial charge < -0.3 is 10.1 Å². The lowest BCUT2D eigenvalue weighted by molar-refractivity contribution is -0.193. The first kappa shape index (κ1) is 12.7. The number of hydrogen-bond acceptors (Lipinski definition) is 3. The first-order valence-electron chi connectivity index (χ1n) is 5.77. The Balaban J connectivity index is 1.97. The van der Waals surface area contributed by atoms with Crippen LogP contribution < -0.4 is 5.32 Å². The number of ether oxygens (including phenoxy) is 1. The third-order valence-corrected chi connectivity index (χ3v) is 4.15. The molecule has 2 fully saturated rings. The van der Waals surface area contributed by atoms with E-state index in [0.29, 0.717) is 19.4 Å². The summed E-state index contributed by atoms with van der Waals surface area (Å²) in [6.45, 7) is 0.622. The van der Waals surface area contributed by atoms with E-state index >= 15 is 0 Å². The van der Waals surface area contributed by atoms with Gasteiger partial charge in [-0.3, -0.25) is 4.79 Å². The van der Waals surface area contributed by atoms with Crippen molar-refractivity contribution in [2.45, 2.75) is 37.9 Å². The van der Waals surface area contributed by atoms with Crippen LogP contribution in [0.1, 0.15) is 25.7 Å². The second-order valence-corrected chi connectivity index (χ2v) is 5.02. The Morgan fingerprint density at radius 1 is 1.35 bits per heavy atom. The summed E-state index contributed by atoms with van der Waals surface area (Å²) >= 11 is 0. The highest BCUT2D eigenvalue weighted by Gasteiger charge is 2.55. The van der Waals surface area contributed by atoms with E-state index < -0.39 is 18.1 Å². The van der Waals surface area contributed by atoms with Crippen LogP contribution in [-0.2, 0) is 9.53 Å². The molecule has 1 heterocycles. The van der Waals surface area contributed by atoms with Gasteiger partial charge in [0, 0.05) is 12.0 Å². The average molecular weight is 251 g/mol. The molecule has 1 unspecified atom stereocenters. The van der Waals surface area contributed by atoms with Crippen LogP contribution in [0.4, 0.5) is 13.2 Å². The number of methoxy groups -OCH3 is 1. The summed E-state index contributed by atoms with van der Waals surface area (Å²) < 4.78 is 42.2. The zero-order valence-corrected chi connectivity index (χ0v) is 9.64. The summed E-state index contributed by atoms with van der Waals surface area (Å²) in [5.74, 6) is -1.56. The van der Waals surface area contributed by atoms with E-state index in [4.69, 9.17) is 0 Å². The molecule has 17 heavy (non-hydrogen) atoms. The van der Waals surface area contributed by atoms with E-state index in [1.807, 2.05) is 0 Å². The molecule has 1 saturated carbocycles. The summed E-state index contributed by atoms with van der Waals surface area (Å²) in [7, 11) is 1.30. The Kier molecular flexibility index (Phi) is 3.10. The van der Waals surface area contributed by atoms with Crippen LogP contribution in [0.3, 0.4) is 0 Å². The molecule has 0 amide bonds. The van der Waals surface area contributed by atoms with Gasteiger partial charge in [-0.2, -0.15) is 13.2 Å². The average Bonchev–Trinajstić information content (AvgIpc) is 2.26. The Morgan fingerprint density at radius 3 is 2.29 bits per heavy atom. The fourth-order valence-electron chi connectivity index (χ4n) is 2.93. The van der Waals surface area contributed by atoms with Crippen molar-refractivity contribution in [3.05, 3.63) is 0 Å². The van der Waals surface area contributed by atoms with Crippen LogP contribution in [0.5, 0.6) is 0 Å². The SMILES string of the molecule is COC(=O)C1NCC12CCC(C(F)(F)F)CC2. The van der Waals surface area contributed by atoms with Crippen molar-refractivity contribution in [3.8, 4) is 0 Å². The van der Waals surface area contributed by atoms with Crippen molar-refractivity contribution in [1.82, 2.24) is 5.32 Å². The Bertz CT molecular complexity index is 308. The predicted octanol–water partition coefficient (Wildman–Crippen LogP) is 1.87. The highest BCUT2D eigenvalue weighted by molar-refractivity contribution is 5.78. The maximum Gasteiger partial charge on any atom is 0.391 e. The van der Waals surface area contributed by atoms with Gasteiger partial charge in [0.1, 0.15) is 6.04 Å². The number of esters is 1. The quantitative estimate of drug-likeness (QED) is 0.723. The molecule has 1 atom stereocenters. The summed E-state index contributed by atoms with van der Waals surface area (Å²) in [4.78, 5) is 11.4. The van der Waals surface area contributed by atoms with Gasteiger partial charge in [0.2, 0.25) is 0 Å². The van der Waals surface area contributed by atoms with E-state index in [1.165, 1.54) is 7.11 Å². The maximum absolute atomic E-state index is 12.5. The lowest BCUT2D eigenvalue weighted by atomic mass is 9.62. The molecule has 0 aromatic carbocycles. The highest BCUT2D eigenvalue weighted by Crippen LogP contribution is 2.49. The summed E-state index contributed by atoms with van der Waals surface area (Å²) in [5, 5.41) is 2.95. The van der Waals surface area contributed by atoms with E-state index in [2.05, 4.69) is 10.1 Å². The number of halogens is 3. The molecular weight excluding hydrogens is 235 g/mol. The number of carbonyl (C=O) groups is 1. The third-order valence-electron chi connectivity index (χ3n) is 4.15. The van der Waals surface area contributed by atoms with E-state index in [-0.39, 0.29) is 24.2 Å². The van der Waals surface area contributed by atoms with Crippen molar-refractivity contribution in [3.63, 3.8) is 0 Å². The summed E-state index contributed by atoms with van der Waals surface area (Å²) in [6.07, 6.45) is -2.95. The molecule has 1 N–H and O–H groups in total. The molecule has 0 aromatic rings. The van der Waals surface area contributed by atoms with E-state index in [0.717, 1.165) is 0 Å². The smallest absolute Gasteiger partial charge is 0.391 e. The molecule has 1 aliphatic heterocycles. The van der Waals surface area contributed by atoms with Crippen molar-refractivity contribution >= 4 is 5.97 Å². The molecule has 2 rings (SSSR count). The third kappa shape index (κ3) is 2.14. The van der Waals surface area contributed by atoms with Crippen LogP contribution in [0, 0.1) is 11.3 Å². The molecule has 98 valence electrons. The molecule has 1 spiro atoms. The minimum Gasteiger partial charge on any atom is -0.468 e. The molecule has 0 aromatic heterocycles. The first-order valence-corrected chi connectivity index (χ1v) is 5.77. The molecule has 6 heteroatoms. The largest absolute Gasteiger partial charge is 0.468 e. The summed E-state index contributed by atoms with van der Waals surface area (Å²) in [6, 6.07) is -0.415. The lowest BCUT2D eigenvalue weighted by Crippen LogP contribution is -2.67. The van der Waals surface area contributed by atoms with Crippen LogP contribution >= 0.6 is 0 Å². The van der Waals surface area contributed by atoms with Crippen molar-refractivity contribution < 1.29 is 22.7 Å². The minimum absolute atomic E-state index is 0.124. The van der Waals surface area contributed by atoms with Crippen LogP contribution in [0.25, 0.3) is 0 Å². The van der Waals surface area contributed by atoms with Crippen molar-refractivity contribution in [2.24, 2.45) is 11.3 Å². The second-order valence-electron chi connectivity index (χ2n) is 5.02. The van der Waals surface area contributed by atoms with Crippen molar-refractivity contribution in [2.75, 3.05) is 13.7 Å². The van der Waals surface area contributed by atoms with Gasteiger partial charge in [0.05, 0.1) is 13.0 Å². The second kappa shape index (κ2) is 4.15. The van der Waals surface area contributed by atoms with Crippen LogP contribution in [0.15, 0.2) is 0 Å². The van der Waals surface area contributed by atoms with Crippen LogP contribution in [-0.4, -0.2) is 31.8 Å². The number of hydrogen-bond donors (Lipinski definition) is 1. The highest BCUT2D eigenvalue weighted by atomic mass is 19.4. The fraction of sp³-hybridized carbons (Fsp3) is 0.909. The molecule has 0 radical (unpaired) electrons. The number of nitrogens with one attached hydrogen (secondary N) is 1. The molecule has 3 nitrogen and oxygen atoms in total. The Morgan fingerprint density at radius 2 is 1.94 bits per heavy atom. The lowest BCUT2D eigenvalue weighted by Gasteiger charge is -2.52. The van der Waals surface area contributed by atoms with Gasteiger partial charge in [-0.25, -0.2) is 0 Å². The maximum atomic E-state index is 12.5. The number of rotatable bonds is 1. The molecule has 0 bridgehead atoms. The van der Waals surface area contributed by atoms with Gasteiger partial charge in [-0.15, -0.1) is 0 Å². The van der Waals surface area contributed by atoms with Gasteiger partial charge in [0.15, 0.2) is 0 Å². The van der Waals surface area contributed by atoms with Gasteiger partial charge >= 0.3 is 12.1 Å². The van der Waals surface area contributed by atoms with Gasteiger partial charge in [-0.05, 0) is 25.7 Å². The number of alkyl halides is 3. The first-order chi connectivity index (χ1) is 7.89. The molecular formula is C11H16F3NO2. The fourth-order valence-corrected chi connectivity index (χ4v) is 2.93. The molecule has 1 aliphatic carbocycles. The van der Waals surface area contributed by atoms with E-state index in [1.54, 1.807) is 0 Å². The number of carbonyl (C=O) groups excluding carboxylic acids is 1. The van der Waals surface area contributed by atoms with Crippen molar-refractivity contribution in [1.29, 1.82) is 0 Å². The Hall–Kier alpha value is -0.780. The topological polar surface area (TPSA) is 38.3 Å². The van der Waals surface area contributed by atoms with Crippen LogP contribution in [0.2, 0.25) is 0 Å². The molecule has 2 aliphatic rings.